The molecule has 0 amide bonds. The maximum absolute atomic E-state index is 11.0. The van der Waals surface area contributed by atoms with Crippen LogP contribution in [0, 0.1) is 0 Å². The number of ether oxygens (including phenoxy) is 2. The van der Waals surface area contributed by atoms with Gasteiger partial charge in [-0.1, -0.05) is 0 Å². The minimum absolute atomic E-state index is 0.0742. The smallest absolute Gasteiger partial charge is 0.528 e. The third kappa shape index (κ3) is 4.03. The Hall–Kier alpha value is -2.96. The van der Waals surface area contributed by atoms with E-state index >= 15 is 0 Å². The minimum atomic E-state index is -0.0742. The first kappa shape index (κ1) is 16.4. The summed E-state index contributed by atoms with van der Waals surface area (Å²) in [5, 5.41) is 0. The van der Waals surface area contributed by atoms with E-state index in [0.29, 0.717) is 46.7 Å². The average Bonchev–Trinajstić information content (AvgIpc) is 2.61. The van der Waals surface area contributed by atoms with Crippen LogP contribution in [-0.4, -0.2) is 34.5 Å². The Balaban J connectivity index is 2.00. The monoisotopic (exact) mass is 314 g/mol. The number of rotatable bonds is 8. The van der Waals surface area contributed by atoms with E-state index in [1.165, 1.54) is 14.2 Å². The van der Waals surface area contributed by atoms with Gasteiger partial charge in [0.15, 0.2) is 12.6 Å². The van der Waals surface area contributed by atoms with Crippen LogP contribution in [0.4, 0.5) is 0 Å². The van der Waals surface area contributed by atoms with Gasteiger partial charge >= 0.3 is 7.69 Å². The number of aldehydes is 2. The standard InChI is InChI=1S/C16H15BO6/c1-20-15-5-3-13(7-11(15)9-18)22-17-23-14-4-6-16(21-2)12(8-14)10-19/h3-10,17H,1-2H3. The van der Waals surface area contributed by atoms with E-state index < -0.39 is 0 Å². The zero-order chi connectivity index (χ0) is 16.7. The van der Waals surface area contributed by atoms with Crippen LogP contribution < -0.4 is 18.8 Å². The van der Waals surface area contributed by atoms with Gasteiger partial charge in [0.2, 0.25) is 0 Å². The van der Waals surface area contributed by atoms with Crippen molar-refractivity contribution in [2.24, 2.45) is 0 Å². The van der Waals surface area contributed by atoms with Crippen molar-refractivity contribution in [2.75, 3.05) is 14.2 Å². The van der Waals surface area contributed by atoms with E-state index in [4.69, 9.17) is 18.8 Å². The number of methoxy groups -OCH3 is 2. The Morgan fingerprint density at radius 2 is 1.22 bits per heavy atom. The van der Waals surface area contributed by atoms with Crippen molar-refractivity contribution >= 4 is 20.3 Å². The van der Waals surface area contributed by atoms with E-state index in [1.807, 2.05) is 0 Å². The Morgan fingerprint density at radius 3 is 1.57 bits per heavy atom. The van der Waals surface area contributed by atoms with Gasteiger partial charge in [-0.2, -0.15) is 0 Å². The van der Waals surface area contributed by atoms with Gasteiger partial charge in [-0.05, 0) is 36.4 Å². The molecule has 2 rings (SSSR count). The highest BCUT2D eigenvalue weighted by atomic mass is 16.6. The van der Waals surface area contributed by atoms with E-state index in [2.05, 4.69) is 0 Å². The van der Waals surface area contributed by atoms with Crippen LogP contribution in [0.3, 0.4) is 0 Å². The molecule has 0 saturated carbocycles. The van der Waals surface area contributed by atoms with Crippen LogP contribution in [0.25, 0.3) is 0 Å². The van der Waals surface area contributed by atoms with Gasteiger partial charge in [0, 0.05) is 0 Å². The Kier molecular flexibility index (Phi) is 5.63. The number of benzene rings is 2. The molecule has 0 N–H and O–H groups in total. The zero-order valence-corrected chi connectivity index (χ0v) is 12.8. The maximum atomic E-state index is 11.0. The van der Waals surface area contributed by atoms with Crippen LogP contribution in [0.1, 0.15) is 20.7 Å². The Labute approximate surface area is 134 Å². The topological polar surface area (TPSA) is 71.1 Å². The molecular formula is C16H15BO6. The van der Waals surface area contributed by atoms with Crippen molar-refractivity contribution in [3.63, 3.8) is 0 Å². The summed E-state index contributed by atoms with van der Waals surface area (Å²) in [6.45, 7) is 0. The van der Waals surface area contributed by atoms with E-state index in [9.17, 15) is 9.59 Å². The molecule has 6 nitrogen and oxygen atoms in total. The van der Waals surface area contributed by atoms with E-state index in [0.717, 1.165) is 0 Å². The molecular weight excluding hydrogens is 299 g/mol. The molecule has 0 atom stereocenters. The highest BCUT2D eigenvalue weighted by Gasteiger charge is 2.07. The molecule has 0 aliphatic heterocycles. The molecule has 2 aromatic carbocycles. The molecule has 0 unspecified atom stereocenters. The number of hydrogen-bond donors (Lipinski definition) is 0. The number of carbonyl (C=O) groups is 2. The molecule has 7 heteroatoms. The lowest BCUT2D eigenvalue weighted by molar-refractivity contribution is 0.111. The fraction of sp³-hybridized carbons (Fsp3) is 0.125. The molecule has 0 bridgehead atoms. The second-order valence-corrected chi connectivity index (χ2v) is 4.45. The van der Waals surface area contributed by atoms with Gasteiger partial charge in [0.05, 0.1) is 25.3 Å². The van der Waals surface area contributed by atoms with Gasteiger partial charge in [-0.25, -0.2) is 0 Å². The summed E-state index contributed by atoms with van der Waals surface area (Å²) in [4.78, 5) is 21.9. The van der Waals surface area contributed by atoms with Gasteiger partial charge in [-0.3, -0.25) is 9.59 Å². The van der Waals surface area contributed by atoms with Gasteiger partial charge in [0.1, 0.15) is 23.0 Å². The minimum Gasteiger partial charge on any atom is -0.528 e. The summed E-state index contributed by atoms with van der Waals surface area (Å²) in [5.41, 5.74) is 0.773. The lowest BCUT2D eigenvalue weighted by Gasteiger charge is -2.10. The van der Waals surface area contributed by atoms with Crippen LogP contribution in [-0.2, 0) is 0 Å². The van der Waals surface area contributed by atoms with Crippen LogP contribution in [0.2, 0.25) is 0 Å². The second-order valence-electron chi connectivity index (χ2n) is 4.45. The van der Waals surface area contributed by atoms with Crippen LogP contribution in [0.15, 0.2) is 36.4 Å². The summed E-state index contributed by atoms with van der Waals surface area (Å²) in [6, 6.07) is 9.72. The molecule has 0 aliphatic carbocycles. The zero-order valence-electron chi connectivity index (χ0n) is 12.8. The first-order chi connectivity index (χ1) is 11.2. The summed E-state index contributed by atoms with van der Waals surface area (Å²) >= 11 is 0. The van der Waals surface area contributed by atoms with Crippen molar-refractivity contribution in [3.8, 4) is 23.0 Å². The van der Waals surface area contributed by atoms with Crippen molar-refractivity contribution in [1.82, 2.24) is 0 Å². The summed E-state index contributed by atoms with van der Waals surface area (Å²) in [7, 11) is 2.90. The molecule has 0 fully saturated rings. The normalized spacial score (nSPS) is 9.65. The molecule has 0 saturated heterocycles. The first-order valence-electron chi connectivity index (χ1n) is 6.74. The molecule has 0 spiro atoms. The van der Waals surface area contributed by atoms with Crippen molar-refractivity contribution < 1.29 is 28.4 Å². The summed E-state index contributed by atoms with van der Waals surface area (Å²) in [6.07, 6.45) is 1.37. The lowest BCUT2D eigenvalue weighted by atomic mass is 10.2. The van der Waals surface area contributed by atoms with Crippen molar-refractivity contribution in [3.05, 3.63) is 47.5 Å². The second kappa shape index (κ2) is 7.88. The van der Waals surface area contributed by atoms with Gasteiger partial charge < -0.3 is 18.8 Å². The fourth-order valence-corrected chi connectivity index (χ4v) is 1.95. The van der Waals surface area contributed by atoms with Crippen LogP contribution >= 0.6 is 0 Å². The predicted molar refractivity (Wildman–Crippen MR) is 85.2 cm³/mol. The van der Waals surface area contributed by atoms with Crippen molar-refractivity contribution in [1.29, 1.82) is 0 Å². The third-order valence-corrected chi connectivity index (χ3v) is 3.11. The Morgan fingerprint density at radius 1 is 0.783 bits per heavy atom. The third-order valence-electron chi connectivity index (χ3n) is 3.11. The summed E-state index contributed by atoms with van der Waals surface area (Å²) in [5.74, 6) is 1.88. The first-order valence-corrected chi connectivity index (χ1v) is 6.74. The van der Waals surface area contributed by atoms with Crippen molar-refractivity contribution in [2.45, 2.75) is 0 Å². The molecule has 23 heavy (non-hydrogen) atoms. The number of carbonyl (C=O) groups excluding carboxylic acids is 2. The summed E-state index contributed by atoms with van der Waals surface area (Å²) < 4.78 is 21.0. The van der Waals surface area contributed by atoms with Gasteiger partial charge in [-0.15, -0.1) is 0 Å². The Bertz CT molecular complexity index is 641. The molecule has 0 heterocycles. The molecule has 2 aromatic rings. The van der Waals surface area contributed by atoms with E-state index in [1.54, 1.807) is 36.4 Å². The molecule has 0 aromatic heterocycles. The highest BCUT2D eigenvalue weighted by Crippen LogP contribution is 2.24. The number of hydrogen-bond acceptors (Lipinski definition) is 6. The maximum Gasteiger partial charge on any atom is 0.576 e. The lowest BCUT2D eigenvalue weighted by Crippen LogP contribution is -2.11. The average molecular weight is 314 g/mol. The van der Waals surface area contributed by atoms with Crippen LogP contribution in [0.5, 0.6) is 23.0 Å². The highest BCUT2D eigenvalue weighted by molar-refractivity contribution is 6.20. The molecule has 0 radical (unpaired) electrons. The SMILES string of the molecule is COc1ccc(OBOc2ccc(OC)c(C=O)c2)cc1C=O. The predicted octanol–water partition coefficient (Wildman–Crippen LogP) is 2.05. The quantitative estimate of drug-likeness (QED) is 0.548. The molecule has 118 valence electrons. The van der Waals surface area contributed by atoms with Gasteiger partial charge in [0.25, 0.3) is 0 Å². The molecule has 0 aliphatic rings. The largest absolute Gasteiger partial charge is 0.576 e. The fourth-order valence-electron chi connectivity index (χ4n) is 1.95. The van der Waals surface area contributed by atoms with E-state index in [-0.39, 0.29) is 7.69 Å².